The highest BCUT2D eigenvalue weighted by molar-refractivity contribution is 6.03. The maximum Gasteiger partial charge on any atom is 0.273 e. The molecule has 0 unspecified atom stereocenters. The van der Waals surface area contributed by atoms with Gasteiger partial charge in [0.05, 0.1) is 18.9 Å². The van der Waals surface area contributed by atoms with Gasteiger partial charge in [0, 0.05) is 17.8 Å². The van der Waals surface area contributed by atoms with E-state index in [0.717, 1.165) is 5.69 Å². The molecule has 22 heavy (non-hydrogen) atoms. The lowest BCUT2D eigenvalue weighted by molar-refractivity contribution is 0.101. The zero-order valence-electron chi connectivity index (χ0n) is 13.1. The van der Waals surface area contributed by atoms with E-state index in [1.54, 1.807) is 28.9 Å². The third-order valence-corrected chi connectivity index (χ3v) is 3.22. The van der Waals surface area contributed by atoms with Crippen molar-refractivity contribution >= 4 is 11.6 Å². The van der Waals surface area contributed by atoms with E-state index in [4.69, 9.17) is 4.74 Å². The van der Waals surface area contributed by atoms with Gasteiger partial charge in [-0.15, -0.1) is 0 Å². The molecule has 0 saturated carbocycles. The lowest BCUT2D eigenvalue weighted by Gasteiger charge is -2.11. The predicted molar refractivity (Wildman–Crippen MR) is 84.1 cm³/mol. The molecule has 0 atom stereocenters. The largest absolute Gasteiger partial charge is 0.494 e. The minimum atomic E-state index is -0.226. The number of aliphatic hydroxyl groups excluding tert-OH is 1. The first-order chi connectivity index (χ1) is 10.6. The molecular formula is C16H21N3O3. The molecular weight excluding hydrogens is 282 g/mol. The normalized spacial score (nSPS) is 10.5. The Labute approximate surface area is 129 Å². The second-order valence-corrected chi connectivity index (χ2v) is 4.85. The number of benzene rings is 1. The minimum absolute atomic E-state index is 0.148. The molecule has 0 spiro atoms. The van der Waals surface area contributed by atoms with E-state index < -0.39 is 0 Å². The second kappa shape index (κ2) is 7.09. The fourth-order valence-electron chi connectivity index (χ4n) is 2.24. The number of aliphatic hydroxyl groups is 1. The van der Waals surface area contributed by atoms with Crippen molar-refractivity contribution < 1.29 is 14.6 Å². The van der Waals surface area contributed by atoms with Gasteiger partial charge in [0.2, 0.25) is 0 Å². The first-order valence-corrected chi connectivity index (χ1v) is 7.31. The molecule has 118 valence electrons. The van der Waals surface area contributed by atoms with Gasteiger partial charge in [-0.3, -0.25) is 9.48 Å². The lowest BCUT2D eigenvalue weighted by atomic mass is 10.2. The topological polar surface area (TPSA) is 76.4 Å². The van der Waals surface area contributed by atoms with Crippen LogP contribution in [-0.2, 0) is 13.2 Å². The van der Waals surface area contributed by atoms with E-state index in [1.165, 1.54) is 0 Å². The summed E-state index contributed by atoms with van der Waals surface area (Å²) in [5.41, 5.74) is 2.56. The number of aryl methyl sites for hydroxylation is 2. The van der Waals surface area contributed by atoms with Gasteiger partial charge in [-0.1, -0.05) is 0 Å². The fraction of sp³-hybridized carbons (Fsp3) is 0.375. The number of anilines is 1. The van der Waals surface area contributed by atoms with Gasteiger partial charge < -0.3 is 15.2 Å². The minimum Gasteiger partial charge on any atom is -0.494 e. The zero-order chi connectivity index (χ0) is 16.1. The molecule has 0 aliphatic heterocycles. The van der Waals surface area contributed by atoms with E-state index in [9.17, 15) is 9.90 Å². The second-order valence-electron chi connectivity index (χ2n) is 4.85. The number of ether oxygens (including phenoxy) is 1. The van der Waals surface area contributed by atoms with E-state index in [-0.39, 0.29) is 12.5 Å². The molecule has 6 heteroatoms. The van der Waals surface area contributed by atoms with Crippen molar-refractivity contribution in [2.75, 3.05) is 11.9 Å². The highest BCUT2D eigenvalue weighted by atomic mass is 16.5. The molecule has 1 aromatic heterocycles. The highest BCUT2D eigenvalue weighted by Crippen LogP contribution is 2.23. The summed E-state index contributed by atoms with van der Waals surface area (Å²) >= 11 is 0. The van der Waals surface area contributed by atoms with Crippen LogP contribution in [0, 0.1) is 6.92 Å². The molecule has 2 rings (SSSR count). The molecule has 0 saturated heterocycles. The first kappa shape index (κ1) is 16.0. The van der Waals surface area contributed by atoms with Gasteiger partial charge >= 0.3 is 0 Å². The van der Waals surface area contributed by atoms with Crippen molar-refractivity contribution in [3.8, 4) is 5.75 Å². The standard InChI is InChI=1S/C16H21N3O3/c1-4-19-14(8-11(3)18-19)16(21)17-13-6-7-15(22-5-2)12(9-13)10-20/h6-9,20H,4-5,10H2,1-3H3,(H,17,21). The maximum absolute atomic E-state index is 12.4. The van der Waals surface area contributed by atoms with Crippen LogP contribution in [0.4, 0.5) is 5.69 Å². The summed E-state index contributed by atoms with van der Waals surface area (Å²) in [4.78, 5) is 12.4. The number of rotatable bonds is 6. The first-order valence-electron chi connectivity index (χ1n) is 7.31. The van der Waals surface area contributed by atoms with Crippen LogP contribution in [-0.4, -0.2) is 27.4 Å². The fourth-order valence-corrected chi connectivity index (χ4v) is 2.24. The van der Waals surface area contributed by atoms with Crippen LogP contribution in [0.1, 0.15) is 35.6 Å². The van der Waals surface area contributed by atoms with Crippen molar-refractivity contribution in [2.45, 2.75) is 33.9 Å². The Morgan fingerprint density at radius 1 is 1.36 bits per heavy atom. The average Bonchev–Trinajstić information content (AvgIpc) is 2.90. The molecule has 2 N–H and O–H groups in total. The quantitative estimate of drug-likeness (QED) is 0.859. The van der Waals surface area contributed by atoms with Crippen LogP contribution in [0.15, 0.2) is 24.3 Å². The average molecular weight is 303 g/mol. The number of aromatic nitrogens is 2. The number of carbonyl (C=O) groups excluding carboxylic acids is 1. The Bertz CT molecular complexity index is 665. The Kier molecular flexibility index (Phi) is 5.16. The Morgan fingerprint density at radius 2 is 2.14 bits per heavy atom. The highest BCUT2D eigenvalue weighted by Gasteiger charge is 2.14. The van der Waals surface area contributed by atoms with Crippen molar-refractivity contribution in [2.24, 2.45) is 0 Å². The number of hydrogen-bond acceptors (Lipinski definition) is 4. The van der Waals surface area contributed by atoms with Crippen LogP contribution in [0.2, 0.25) is 0 Å². The Morgan fingerprint density at radius 3 is 2.77 bits per heavy atom. The van der Waals surface area contributed by atoms with Crippen LogP contribution in [0.5, 0.6) is 5.75 Å². The summed E-state index contributed by atoms with van der Waals surface area (Å²) in [5, 5.41) is 16.5. The third kappa shape index (κ3) is 3.46. The predicted octanol–water partition coefficient (Wildman–Crippen LogP) is 2.35. The van der Waals surface area contributed by atoms with Crippen molar-refractivity contribution in [1.29, 1.82) is 0 Å². The molecule has 2 aromatic rings. The van der Waals surface area contributed by atoms with Gasteiger partial charge in [-0.05, 0) is 45.0 Å². The van der Waals surface area contributed by atoms with Gasteiger partial charge in [-0.2, -0.15) is 5.10 Å². The van der Waals surface area contributed by atoms with Crippen molar-refractivity contribution in [1.82, 2.24) is 9.78 Å². The Hall–Kier alpha value is -2.34. The summed E-state index contributed by atoms with van der Waals surface area (Å²) < 4.78 is 7.08. The summed E-state index contributed by atoms with van der Waals surface area (Å²) in [6, 6.07) is 6.96. The molecule has 0 aliphatic carbocycles. The SMILES string of the molecule is CCOc1ccc(NC(=O)c2cc(C)nn2CC)cc1CO. The number of hydrogen-bond donors (Lipinski definition) is 2. The van der Waals surface area contributed by atoms with Gasteiger partial charge in [-0.25, -0.2) is 0 Å². The van der Waals surface area contributed by atoms with Crippen LogP contribution < -0.4 is 10.1 Å². The summed E-state index contributed by atoms with van der Waals surface area (Å²) in [7, 11) is 0. The molecule has 6 nitrogen and oxygen atoms in total. The third-order valence-electron chi connectivity index (χ3n) is 3.22. The number of nitrogens with zero attached hydrogens (tertiary/aromatic N) is 2. The molecule has 1 heterocycles. The molecule has 1 aromatic carbocycles. The molecule has 0 fully saturated rings. The van der Waals surface area contributed by atoms with E-state index >= 15 is 0 Å². The number of carbonyl (C=O) groups is 1. The summed E-state index contributed by atoms with van der Waals surface area (Å²) in [6.45, 7) is 6.67. The van der Waals surface area contributed by atoms with Crippen LogP contribution in [0.3, 0.4) is 0 Å². The van der Waals surface area contributed by atoms with Gasteiger partial charge in [0.15, 0.2) is 0 Å². The van der Waals surface area contributed by atoms with Crippen molar-refractivity contribution in [3.05, 3.63) is 41.2 Å². The molecule has 1 amide bonds. The molecule has 0 bridgehead atoms. The van der Waals surface area contributed by atoms with Crippen LogP contribution in [0.25, 0.3) is 0 Å². The summed E-state index contributed by atoms with van der Waals surface area (Å²) in [5.74, 6) is 0.396. The maximum atomic E-state index is 12.4. The van der Waals surface area contributed by atoms with E-state index in [1.807, 2.05) is 20.8 Å². The molecule has 0 radical (unpaired) electrons. The van der Waals surface area contributed by atoms with Crippen LogP contribution >= 0.6 is 0 Å². The van der Waals surface area contributed by atoms with E-state index in [2.05, 4.69) is 10.4 Å². The summed E-state index contributed by atoms with van der Waals surface area (Å²) in [6.07, 6.45) is 0. The van der Waals surface area contributed by atoms with Crippen molar-refractivity contribution in [3.63, 3.8) is 0 Å². The van der Waals surface area contributed by atoms with Gasteiger partial charge in [0.1, 0.15) is 11.4 Å². The smallest absolute Gasteiger partial charge is 0.273 e. The van der Waals surface area contributed by atoms with Gasteiger partial charge in [0.25, 0.3) is 5.91 Å². The number of nitrogens with one attached hydrogen (secondary N) is 1. The zero-order valence-corrected chi connectivity index (χ0v) is 13.1. The Balaban J connectivity index is 2.21. The monoisotopic (exact) mass is 303 g/mol. The number of amides is 1. The van der Waals surface area contributed by atoms with E-state index in [0.29, 0.717) is 35.8 Å². The molecule has 0 aliphatic rings. The lowest BCUT2D eigenvalue weighted by Crippen LogP contribution is -2.17.